The van der Waals surface area contributed by atoms with Gasteiger partial charge in [0.25, 0.3) is 0 Å². The first kappa shape index (κ1) is 34.7. The van der Waals surface area contributed by atoms with Crippen LogP contribution in [0.4, 0.5) is 0 Å². The van der Waals surface area contributed by atoms with E-state index in [-0.39, 0.29) is 5.92 Å². The first-order chi connectivity index (χ1) is 30.7. The Morgan fingerprint density at radius 2 is 1.08 bits per heavy atom. The average Bonchev–Trinajstić information content (AvgIpc) is 3.92. The predicted octanol–water partition coefficient (Wildman–Crippen LogP) is 15.2. The topological polar surface area (TPSA) is 65.0 Å². The van der Waals surface area contributed by atoms with E-state index in [4.69, 9.17) is 23.8 Å². The number of allylic oxidation sites excluding steroid dienone is 1. The lowest BCUT2D eigenvalue weighted by molar-refractivity contribution is 0.667. The van der Waals surface area contributed by atoms with Crippen molar-refractivity contribution in [1.82, 2.24) is 15.0 Å². The number of para-hydroxylation sites is 3. The van der Waals surface area contributed by atoms with Gasteiger partial charge in [0.15, 0.2) is 17.5 Å². The van der Waals surface area contributed by atoms with Crippen molar-refractivity contribution in [3.63, 3.8) is 0 Å². The van der Waals surface area contributed by atoms with Crippen LogP contribution in [-0.4, -0.2) is 15.0 Å². The van der Waals surface area contributed by atoms with Gasteiger partial charge in [-0.25, -0.2) is 15.0 Å². The summed E-state index contributed by atoms with van der Waals surface area (Å²) in [5, 5.41) is 8.72. The first-order valence-electron chi connectivity index (χ1n) is 21.1. The zero-order valence-corrected chi connectivity index (χ0v) is 33.4. The van der Waals surface area contributed by atoms with Gasteiger partial charge in [0.05, 0.1) is 5.56 Å². The van der Waals surface area contributed by atoms with Crippen LogP contribution in [0.5, 0.6) is 0 Å². The van der Waals surface area contributed by atoms with E-state index in [0.717, 1.165) is 99.7 Å². The minimum atomic E-state index is 0.200. The molecule has 3 aromatic heterocycles. The normalized spacial score (nSPS) is 13.8. The molecule has 13 rings (SSSR count). The maximum atomic E-state index is 6.67. The van der Waals surface area contributed by atoms with Crippen molar-refractivity contribution in [2.24, 2.45) is 0 Å². The molecule has 0 spiro atoms. The Bertz CT molecular complexity index is 3820. The van der Waals surface area contributed by atoms with Gasteiger partial charge in [-0.05, 0) is 98.2 Å². The minimum Gasteiger partial charge on any atom is -0.456 e. The standard InChI is InChI=1S/C57H35N3O2/c1-2-15-36-31-37(28-27-34(36)13-1)55-58-56(60-57(59-55)48-24-12-23-45-44-20-7-9-25-50(44)62-54(45)48)46-30-29-43(41-18-5-6-19-42(41)46)49-32-38(40-22-11-16-35-14-3-4-17-39(35)40)33-52-53(49)47-21-8-10-26-51(47)61-52/h1-21,23-33,40H,22H2. The third-order valence-corrected chi connectivity index (χ3v) is 12.7. The molecule has 0 amide bonds. The van der Waals surface area contributed by atoms with Crippen molar-refractivity contribution in [2.75, 3.05) is 0 Å². The molecule has 5 heteroatoms. The number of nitrogens with zero attached hydrogens (tertiary/aromatic N) is 3. The molecule has 290 valence electrons. The van der Waals surface area contributed by atoms with Crippen LogP contribution >= 0.6 is 0 Å². The predicted molar refractivity (Wildman–Crippen MR) is 253 cm³/mol. The van der Waals surface area contributed by atoms with E-state index in [9.17, 15) is 0 Å². The van der Waals surface area contributed by atoms with Crippen LogP contribution < -0.4 is 0 Å². The van der Waals surface area contributed by atoms with E-state index in [0.29, 0.717) is 17.5 Å². The second-order valence-electron chi connectivity index (χ2n) is 16.2. The zero-order valence-electron chi connectivity index (χ0n) is 33.4. The summed E-state index contributed by atoms with van der Waals surface area (Å²) >= 11 is 0. The smallest absolute Gasteiger partial charge is 0.167 e. The lowest BCUT2D eigenvalue weighted by Gasteiger charge is -2.23. The van der Waals surface area contributed by atoms with Crippen LogP contribution in [-0.2, 0) is 0 Å². The molecule has 0 saturated carbocycles. The molecule has 0 bridgehead atoms. The number of hydrogen-bond acceptors (Lipinski definition) is 5. The summed E-state index contributed by atoms with van der Waals surface area (Å²) in [6.07, 6.45) is 5.46. The Labute approximate surface area is 356 Å². The van der Waals surface area contributed by atoms with Gasteiger partial charge in [-0.3, -0.25) is 0 Å². The molecular formula is C57H35N3O2. The third kappa shape index (κ3) is 5.45. The average molecular weight is 794 g/mol. The second kappa shape index (κ2) is 13.7. The summed E-state index contributed by atoms with van der Waals surface area (Å²) in [5.41, 5.74) is 12.1. The largest absolute Gasteiger partial charge is 0.456 e. The molecule has 12 aromatic rings. The lowest BCUT2D eigenvalue weighted by atomic mass is 9.80. The maximum absolute atomic E-state index is 6.67. The summed E-state index contributed by atoms with van der Waals surface area (Å²) in [7, 11) is 0. The quantitative estimate of drug-likeness (QED) is 0.174. The summed E-state index contributed by atoms with van der Waals surface area (Å²) in [5.74, 6) is 1.94. The Hall–Kier alpha value is -8.15. The summed E-state index contributed by atoms with van der Waals surface area (Å²) in [4.78, 5) is 15.8. The second-order valence-corrected chi connectivity index (χ2v) is 16.2. The lowest BCUT2D eigenvalue weighted by Crippen LogP contribution is -2.05. The van der Waals surface area contributed by atoms with Crippen molar-refractivity contribution in [3.05, 3.63) is 205 Å². The summed E-state index contributed by atoms with van der Waals surface area (Å²) in [6, 6.07) is 63.9. The van der Waals surface area contributed by atoms with Crippen LogP contribution in [0, 0.1) is 0 Å². The molecule has 62 heavy (non-hydrogen) atoms. The van der Waals surface area contributed by atoms with Gasteiger partial charge in [0.1, 0.15) is 22.3 Å². The maximum Gasteiger partial charge on any atom is 0.167 e. The fraction of sp³-hybridized carbons (Fsp3) is 0.0351. The van der Waals surface area contributed by atoms with E-state index < -0.39 is 0 Å². The monoisotopic (exact) mass is 793 g/mol. The Kier molecular flexibility index (Phi) is 7.66. The highest BCUT2D eigenvalue weighted by Crippen LogP contribution is 2.46. The number of hydrogen-bond donors (Lipinski definition) is 0. The first-order valence-corrected chi connectivity index (χ1v) is 21.1. The molecule has 1 unspecified atom stereocenters. The van der Waals surface area contributed by atoms with Gasteiger partial charge in [0, 0.05) is 38.6 Å². The van der Waals surface area contributed by atoms with Crippen LogP contribution in [0.15, 0.2) is 197 Å². The van der Waals surface area contributed by atoms with Crippen molar-refractivity contribution < 1.29 is 8.83 Å². The number of rotatable bonds is 5. The van der Waals surface area contributed by atoms with Crippen molar-refractivity contribution in [2.45, 2.75) is 12.3 Å². The van der Waals surface area contributed by atoms with Gasteiger partial charge < -0.3 is 8.83 Å². The van der Waals surface area contributed by atoms with E-state index in [2.05, 4.69) is 164 Å². The number of furan rings is 2. The summed E-state index contributed by atoms with van der Waals surface area (Å²) in [6.45, 7) is 0. The summed E-state index contributed by atoms with van der Waals surface area (Å²) < 4.78 is 13.2. The van der Waals surface area contributed by atoms with E-state index in [1.165, 1.54) is 16.7 Å². The highest BCUT2D eigenvalue weighted by Gasteiger charge is 2.25. The molecule has 3 heterocycles. The Balaban J connectivity index is 1.04. The van der Waals surface area contributed by atoms with Crippen LogP contribution in [0.3, 0.4) is 0 Å². The number of benzene rings is 9. The molecule has 1 aliphatic carbocycles. The molecule has 0 aliphatic heterocycles. The van der Waals surface area contributed by atoms with Gasteiger partial charge in [-0.2, -0.15) is 0 Å². The van der Waals surface area contributed by atoms with Crippen LogP contribution in [0.2, 0.25) is 0 Å². The van der Waals surface area contributed by atoms with Gasteiger partial charge in [-0.1, -0.05) is 152 Å². The Morgan fingerprint density at radius 3 is 1.95 bits per heavy atom. The van der Waals surface area contributed by atoms with E-state index >= 15 is 0 Å². The number of aromatic nitrogens is 3. The van der Waals surface area contributed by atoms with E-state index in [1.807, 2.05) is 30.3 Å². The fourth-order valence-electron chi connectivity index (χ4n) is 9.77. The molecule has 0 radical (unpaired) electrons. The Morgan fingerprint density at radius 1 is 0.419 bits per heavy atom. The number of fused-ring (bicyclic) bond motifs is 9. The van der Waals surface area contributed by atoms with Gasteiger partial charge in [0.2, 0.25) is 0 Å². The molecule has 0 N–H and O–H groups in total. The molecular weight excluding hydrogens is 759 g/mol. The van der Waals surface area contributed by atoms with Crippen molar-refractivity contribution >= 4 is 71.5 Å². The SMILES string of the molecule is C1=Cc2ccccc2C(c2cc(-c3ccc(-c4nc(-c5ccc6ccccc6c5)nc(-c5cccc6c5oc5ccccc56)n4)c4ccccc34)c3c(c2)oc2ccccc23)C1. The van der Waals surface area contributed by atoms with E-state index in [1.54, 1.807) is 0 Å². The molecule has 0 fully saturated rings. The van der Waals surface area contributed by atoms with Crippen molar-refractivity contribution in [1.29, 1.82) is 0 Å². The molecule has 0 saturated heterocycles. The highest BCUT2D eigenvalue weighted by atomic mass is 16.3. The van der Waals surface area contributed by atoms with Crippen LogP contribution in [0.25, 0.3) is 117 Å². The molecule has 5 nitrogen and oxygen atoms in total. The van der Waals surface area contributed by atoms with Gasteiger partial charge in [-0.15, -0.1) is 0 Å². The van der Waals surface area contributed by atoms with Crippen molar-refractivity contribution in [3.8, 4) is 45.3 Å². The third-order valence-electron chi connectivity index (χ3n) is 12.7. The fourth-order valence-corrected chi connectivity index (χ4v) is 9.77. The molecule has 1 aliphatic rings. The van der Waals surface area contributed by atoms with Crippen LogP contribution in [0.1, 0.15) is 29.0 Å². The highest BCUT2D eigenvalue weighted by molar-refractivity contribution is 6.17. The minimum absolute atomic E-state index is 0.200. The zero-order chi connectivity index (χ0) is 40.7. The molecule has 9 aromatic carbocycles. The molecule has 1 atom stereocenters. The van der Waals surface area contributed by atoms with Gasteiger partial charge >= 0.3 is 0 Å².